The molecule has 1 aliphatic heterocycles. The number of nitrogens with zero attached hydrogens (tertiary/aromatic N) is 1. The third kappa shape index (κ3) is 4.95. The molecule has 37 heavy (non-hydrogen) atoms. The van der Waals surface area contributed by atoms with E-state index in [0.29, 0.717) is 35.0 Å². The van der Waals surface area contributed by atoms with E-state index in [1.165, 1.54) is 7.11 Å². The van der Waals surface area contributed by atoms with Crippen molar-refractivity contribution >= 4 is 29.3 Å². The number of anilines is 1. The summed E-state index contributed by atoms with van der Waals surface area (Å²) in [5.74, 6) is 1.32. The lowest BCUT2D eigenvalue weighted by molar-refractivity contribution is -0.113. The Labute approximate surface area is 215 Å². The number of carbonyl (C=O) groups is 2. The summed E-state index contributed by atoms with van der Waals surface area (Å²) in [6.45, 7) is 2.46. The Bertz CT molecular complexity index is 1500. The molecule has 1 amide bonds. The Kier molecular flexibility index (Phi) is 6.72. The fourth-order valence-corrected chi connectivity index (χ4v) is 4.20. The highest BCUT2D eigenvalue weighted by Gasteiger charge is 2.31. The summed E-state index contributed by atoms with van der Waals surface area (Å²) in [6, 6.07) is 27.9. The molecular formula is C31H25NO5. The minimum atomic E-state index is -0.395. The van der Waals surface area contributed by atoms with Gasteiger partial charge in [0.25, 0.3) is 5.91 Å². The number of esters is 1. The monoisotopic (exact) mass is 491 g/mol. The topological polar surface area (TPSA) is 69.0 Å². The van der Waals surface area contributed by atoms with Crippen molar-refractivity contribution in [2.75, 3.05) is 18.6 Å². The summed E-state index contributed by atoms with van der Waals surface area (Å²) in [6.07, 6.45) is 3.61. The summed E-state index contributed by atoms with van der Waals surface area (Å²) < 4.78 is 16.4. The third-order valence-corrected chi connectivity index (χ3v) is 5.95. The molecule has 5 rings (SSSR count). The standard InChI is InChI=1S/C31H25NO5/c1-3-36-26-11-7-10-25(20-26)32-28(21-8-5-4-6-9-21)19-24(30(32)33)18-27-16-17-29(37-27)22-12-14-23(15-13-22)31(34)35-2/h4-20H,3H2,1-2H3/b24-18+. The van der Waals surface area contributed by atoms with Gasteiger partial charge in [0.2, 0.25) is 0 Å². The van der Waals surface area contributed by atoms with Gasteiger partial charge in [0.15, 0.2) is 0 Å². The van der Waals surface area contributed by atoms with Gasteiger partial charge in [-0.05, 0) is 61.0 Å². The first-order valence-electron chi connectivity index (χ1n) is 11.9. The first kappa shape index (κ1) is 23.9. The number of carbonyl (C=O) groups excluding carboxylic acids is 2. The van der Waals surface area contributed by atoms with Crippen LogP contribution in [0, 0.1) is 0 Å². The lowest BCUT2D eigenvalue weighted by Gasteiger charge is -2.21. The van der Waals surface area contributed by atoms with Crippen LogP contribution >= 0.6 is 0 Å². The molecule has 0 aliphatic carbocycles. The van der Waals surface area contributed by atoms with E-state index in [1.807, 2.05) is 79.7 Å². The summed E-state index contributed by atoms with van der Waals surface area (Å²) in [5, 5.41) is 0. The first-order chi connectivity index (χ1) is 18.1. The van der Waals surface area contributed by atoms with E-state index in [9.17, 15) is 9.59 Å². The summed E-state index contributed by atoms with van der Waals surface area (Å²) in [7, 11) is 1.35. The van der Waals surface area contributed by atoms with Crippen LogP contribution in [0.5, 0.6) is 5.75 Å². The van der Waals surface area contributed by atoms with Gasteiger partial charge in [-0.3, -0.25) is 9.69 Å². The van der Waals surface area contributed by atoms with Gasteiger partial charge in [-0.15, -0.1) is 0 Å². The van der Waals surface area contributed by atoms with E-state index >= 15 is 0 Å². The van der Waals surface area contributed by atoms with Gasteiger partial charge in [-0.25, -0.2) is 4.79 Å². The second kappa shape index (κ2) is 10.4. The van der Waals surface area contributed by atoms with E-state index in [-0.39, 0.29) is 5.91 Å². The van der Waals surface area contributed by atoms with Gasteiger partial charge in [0.1, 0.15) is 17.3 Å². The summed E-state index contributed by atoms with van der Waals surface area (Å²) >= 11 is 0. The lowest BCUT2D eigenvalue weighted by atomic mass is 10.1. The van der Waals surface area contributed by atoms with E-state index in [4.69, 9.17) is 13.9 Å². The van der Waals surface area contributed by atoms with E-state index < -0.39 is 5.97 Å². The first-order valence-corrected chi connectivity index (χ1v) is 11.9. The number of ether oxygens (including phenoxy) is 2. The molecular weight excluding hydrogens is 466 g/mol. The zero-order chi connectivity index (χ0) is 25.8. The molecule has 0 saturated heterocycles. The average Bonchev–Trinajstić information content (AvgIpc) is 3.54. The van der Waals surface area contributed by atoms with Gasteiger partial charge in [0, 0.05) is 17.2 Å². The molecule has 0 N–H and O–H groups in total. The third-order valence-electron chi connectivity index (χ3n) is 5.95. The SMILES string of the molecule is CCOc1cccc(N2C(=O)/C(=C/c3ccc(-c4ccc(C(=O)OC)cc4)o3)C=C2c2ccccc2)c1. The molecule has 2 heterocycles. The molecule has 3 aromatic carbocycles. The second-order valence-corrected chi connectivity index (χ2v) is 8.34. The zero-order valence-corrected chi connectivity index (χ0v) is 20.5. The Morgan fingerprint density at radius 2 is 1.70 bits per heavy atom. The molecule has 6 heteroatoms. The van der Waals surface area contributed by atoms with Crippen molar-refractivity contribution in [3.8, 4) is 17.1 Å². The number of rotatable bonds is 7. The van der Waals surface area contributed by atoms with Crippen molar-refractivity contribution in [2.45, 2.75) is 6.92 Å². The molecule has 0 fully saturated rings. The summed E-state index contributed by atoms with van der Waals surface area (Å²) in [5.41, 5.74) is 4.19. The molecule has 0 atom stereocenters. The fraction of sp³-hybridized carbons (Fsp3) is 0.0968. The van der Waals surface area contributed by atoms with Crippen LogP contribution in [-0.2, 0) is 9.53 Å². The molecule has 184 valence electrons. The van der Waals surface area contributed by atoms with Crippen molar-refractivity contribution in [3.63, 3.8) is 0 Å². The highest BCUT2D eigenvalue weighted by molar-refractivity contribution is 6.23. The van der Waals surface area contributed by atoms with E-state index in [1.54, 1.807) is 35.2 Å². The van der Waals surface area contributed by atoms with Gasteiger partial charge in [0.05, 0.1) is 30.7 Å². The number of methoxy groups -OCH3 is 1. The van der Waals surface area contributed by atoms with Gasteiger partial charge >= 0.3 is 5.97 Å². The molecule has 0 bridgehead atoms. The minimum absolute atomic E-state index is 0.159. The van der Waals surface area contributed by atoms with E-state index in [0.717, 1.165) is 22.5 Å². The number of hydrogen-bond acceptors (Lipinski definition) is 5. The van der Waals surface area contributed by atoms with Gasteiger partial charge in [-0.2, -0.15) is 0 Å². The van der Waals surface area contributed by atoms with Crippen molar-refractivity contribution in [3.05, 3.63) is 120 Å². The number of amides is 1. The van der Waals surface area contributed by atoms with Crippen LogP contribution in [0.1, 0.15) is 28.6 Å². The Hall–Kier alpha value is -4.84. The van der Waals surface area contributed by atoms with Crippen molar-refractivity contribution < 1.29 is 23.5 Å². The summed E-state index contributed by atoms with van der Waals surface area (Å²) in [4.78, 5) is 27.0. The van der Waals surface area contributed by atoms with Crippen LogP contribution in [0.2, 0.25) is 0 Å². The van der Waals surface area contributed by atoms with Gasteiger partial charge in [-0.1, -0.05) is 48.5 Å². The predicted octanol–water partition coefficient (Wildman–Crippen LogP) is 6.60. The van der Waals surface area contributed by atoms with Crippen LogP contribution in [0.25, 0.3) is 23.1 Å². The maximum atomic E-state index is 13.6. The average molecular weight is 492 g/mol. The number of benzene rings is 3. The highest BCUT2D eigenvalue weighted by atomic mass is 16.5. The predicted molar refractivity (Wildman–Crippen MR) is 143 cm³/mol. The Morgan fingerprint density at radius 1 is 0.919 bits per heavy atom. The highest BCUT2D eigenvalue weighted by Crippen LogP contribution is 2.37. The smallest absolute Gasteiger partial charge is 0.337 e. The molecule has 1 aliphatic rings. The molecule has 6 nitrogen and oxygen atoms in total. The Balaban J connectivity index is 1.48. The largest absolute Gasteiger partial charge is 0.494 e. The van der Waals surface area contributed by atoms with Crippen molar-refractivity contribution in [1.29, 1.82) is 0 Å². The van der Waals surface area contributed by atoms with Crippen LogP contribution in [0.15, 0.2) is 107 Å². The minimum Gasteiger partial charge on any atom is -0.494 e. The Morgan fingerprint density at radius 3 is 2.43 bits per heavy atom. The van der Waals surface area contributed by atoms with Crippen molar-refractivity contribution in [2.24, 2.45) is 0 Å². The molecule has 0 spiro atoms. The number of hydrogen-bond donors (Lipinski definition) is 0. The maximum Gasteiger partial charge on any atom is 0.337 e. The van der Waals surface area contributed by atoms with Crippen LogP contribution in [-0.4, -0.2) is 25.6 Å². The van der Waals surface area contributed by atoms with Crippen LogP contribution in [0.3, 0.4) is 0 Å². The second-order valence-electron chi connectivity index (χ2n) is 8.34. The van der Waals surface area contributed by atoms with Crippen LogP contribution < -0.4 is 9.64 Å². The molecule has 0 radical (unpaired) electrons. The van der Waals surface area contributed by atoms with Gasteiger partial charge < -0.3 is 13.9 Å². The lowest BCUT2D eigenvalue weighted by Crippen LogP contribution is -2.24. The molecule has 0 saturated carbocycles. The van der Waals surface area contributed by atoms with Crippen molar-refractivity contribution in [1.82, 2.24) is 0 Å². The van der Waals surface area contributed by atoms with E-state index in [2.05, 4.69) is 0 Å². The fourth-order valence-electron chi connectivity index (χ4n) is 4.20. The van der Waals surface area contributed by atoms with Crippen LogP contribution in [0.4, 0.5) is 5.69 Å². The zero-order valence-electron chi connectivity index (χ0n) is 20.5. The molecule has 0 unspecified atom stereocenters. The quantitative estimate of drug-likeness (QED) is 0.215. The maximum absolute atomic E-state index is 13.6. The number of furan rings is 1. The molecule has 4 aromatic rings. The normalized spacial score (nSPS) is 14.1. The molecule has 1 aromatic heterocycles.